The highest BCUT2D eigenvalue weighted by Gasteiger charge is 2.36. The Bertz CT molecular complexity index is 1230. The molecule has 2 aromatic rings. The van der Waals surface area contributed by atoms with E-state index in [1.807, 2.05) is 32.9 Å². The number of thioether (sulfide) groups is 1. The Labute approximate surface area is 219 Å². The summed E-state index contributed by atoms with van der Waals surface area (Å²) >= 11 is 0.794. The molecule has 0 aliphatic carbocycles. The molecule has 2 saturated heterocycles. The molecular weight excluding hydrogens is 494 g/mol. The van der Waals surface area contributed by atoms with Crippen molar-refractivity contribution in [2.24, 2.45) is 0 Å². The molecular formula is C27H29N3O6S. The van der Waals surface area contributed by atoms with Crippen molar-refractivity contribution in [2.75, 3.05) is 44.8 Å². The maximum Gasteiger partial charge on any atom is 0.294 e. The fourth-order valence-electron chi connectivity index (χ4n) is 4.20. The normalized spacial score (nSPS) is 16.9. The molecule has 0 aromatic heterocycles. The Balaban J connectivity index is 1.34. The molecule has 2 aromatic carbocycles. The highest BCUT2D eigenvalue weighted by Crippen LogP contribution is 2.32. The van der Waals surface area contributed by atoms with Crippen LogP contribution in [-0.4, -0.2) is 72.2 Å². The van der Waals surface area contributed by atoms with E-state index in [0.717, 1.165) is 33.4 Å². The molecule has 2 fully saturated rings. The number of aryl methyl sites for hydroxylation is 3. The molecule has 1 N–H and O–H groups in total. The van der Waals surface area contributed by atoms with Crippen LogP contribution in [0.2, 0.25) is 0 Å². The standard InChI is InChI=1S/C27H29N3O6S/c1-17-12-18(2)25(19(3)13-17)28-23(31)15-30-26(33)22(37-27(30)34)14-20-4-6-21(7-5-20)36-16-24(32)29-8-10-35-11-9-29/h4-7,12-14H,8-11,15-16H2,1-3H3,(H,28,31)/b22-14+. The van der Waals surface area contributed by atoms with Gasteiger partial charge < -0.3 is 19.7 Å². The van der Waals surface area contributed by atoms with Crippen LogP contribution in [0, 0.1) is 20.8 Å². The molecule has 4 amide bonds. The lowest BCUT2D eigenvalue weighted by molar-refractivity contribution is -0.137. The van der Waals surface area contributed by atoms with E-state index in [1.54, 1.807) is 35.2 Å². The largest absolute Gasteiger partial charge is 0.484 e. The number of hydrogen-bond acceptors (Lipinski definition) is 7. The van der Waals surface area contributed by atoms with Crippen LogP contribution in [0.5, 0.6) is 5.75 Å². The molecule has 4 rings (SSSR count). The van der Waals surface area contributed by atoms with Crippen LogP contribution < -0.4 is 10.1 Å². The number of rotatable bonds is 7. The van der Waals surface area contributed by atoms with E-state index < -0.39 is 17.1 Å². The van der Waals surface area contributed by atoms with E-state index in [1.165, 1.54) is 0 Å². The number of nitrogens with zero attached hydrogens (tertiary/aromatic N) is 2. The van der Waals surface area contributed by atoms with Gasteiger partial charge in [-0.3, -0.25) is 24.1 Å². The van der Waals surface area contributed by atoms with Crippen LogP contribution in [-0.2, 0) is 19.1 Å². The number of imide groups is 1. The third kappa shape index (κ3) is 6.58. The van der Waals surface area contributed by atoms with Crippen molar-refractivity contribution in [1.29, 1.82) is 0 Å². The smallest absolute Gasteiger partial charge is 0.294 e. The van der Waals surface area contributed by atoms with Gasteiger partial charge in [0.1, 0.15) is 12.3 Å². The Hall–Kier alpha value is -3.63. The number of anilines is 1. The van der Waals surface area contributed by atoms with Crippen molar-refractivity contribution >= 4 is 46.5 Å². The highest BCUT2D eigenvalue weighted by atomic mass is 32.2. The molecule has 0 unspecified atom stereocenters. The number of carbonyl (C=O) groups is 4. The van der Waals surface area contributed by atoms with Gasteiger partial charge in [-0.25, -0.2) is 0 Å². The van der Waals surface area contributed by atoms with Crippen molar-refractivity contribution in [3.05, 3.63) is 63.6 Å². The quantitative estimate of drug-likeness (QED) is 0.554. The van der Waals surface area contributed by atoms with Crippen LogP contribution >= 0.6 is 11.8 Å². The molecule has 2 heterocycles. The zero-order valence-electron chi connectivity index (χ0n) is 21.0. The lowest BCUT2D eigenvalue weighted by Crippen LogP contribution is -2.42. The van der Waals surface area contributed by atoms with Gasteiger partial charge >= 0.3 is 0 Å². The summed E-state index contributed by atoms with van der Waals surface area (Å²) in [6, 6.07) is 10.8. The summed E-state index contributed by atoms with van der Waals surface area (Å²) in [5, 5.41) is 2.33. The van der Waals surface area contributed by atoms with Gasteiger partial charge in [-0.05, 0) is 67.4 Å². The molecule has 194 valence electrons. The van der Waals surface area contributed by atoms with Crippen molar-refractivity contribution < 1.29 is 28.7 Å². The Morgan fingerprint density at radius 2 is 1.70 bits per heavy atom. The molecule has 0 bridgehead atoms. The summed E-state index contributed by atoms with van der Waals surface area (Å²) in [5.74, 6) is -0.534. The van der Waals surface area contributed by atoms with Crippen LogP contribution in [0.25, 0.3) is 6.08 Å². The van der Waals surface area contributed by atoms with Crippen LogP contribution in [0.4, 0.5) is 10.5 Å². The zero-order valence-corrected chi connectivity index (χ0v) is 21.9. The van der Waals surface area contributed by atoms with Gasteiger partial charge in [-0.2, -0.15) is 0 Å². The van der Waals surface area contributed by atoms with Gasteiger partial charge in [0.15, 0.2) is 6.61 Å². The molecule has 9 nitrogen and oxygen atoms in total. The number of ether oxygens (including phenoxy) is 2. The third-order valence-electron chi connectivity index (χ3n) is 6.02. The summed E-state index contributed by atoms with van der Waals surface area (Å²) in [6.07, 6.45) is 1.60. The third-order valence-corrected chi connectivity index (χ3v) is 6.93. The maximum atomic E-state index is 12.8. The first-order chi connectivity index (χ1) is 17.7. The summed E-state index contributed by atoms with van der Waals surface area (Å²) in [6.45, 7) is 7.53. The number of nitrogens with one attached hydrogen (secondary N) is 1. The molecule has 0 saturated carbocycles. The first-order valence-electron chi connectivity index (χ1n) is 11.9. The van der Waals surface area contributed by atoms with Gasteiger partial charge in [0.25, 0.3) is 17.1 Å². The second-order valence-electron chi connectivity index (χ2n) is 8.94. The van der Waals surface area contributed by atoms with E-state index in [0.29, 0.717) is 43.3 Å². The first-order valence-corrected chi connectivity index (χ1v) is 12.7. The zero-order chi connectivity index (χ0) is 26.5. The molecule has 2 aliphatic heterocycles. The van der Waals surface area contributed by atoms with E-state index in [9.17, 15) is 19.2 Å². The molecule has 0 spiro atoms. The number of hydrogen-bond donors (Lipinski definition) is 1. The monoisotopic (exact) mass is 523 g/mol. The summed E-state index contributed by atoms with van der Waals surface area (Å²) < 4.78 is 10.8. The lowest BCUT2D eigenvalue weighted by atomic mass is 10.1. The second kappa shape index (κ2) is 11.6. The maximum absolute atomic E-state index is 12.8. The average molecular weight is 524 g/mol. The molecule has 0 radical (unpaired) electrons. The molecule has 2 aliphatic rings. The van der Waals surface area contributed by atoms with Crippen molar-refractivity contribution in [1.82, 2.24) is 9.80 Å². The van der Waals surface area contributed by atoms with Crippen LogP contribution in [0.1, 0.15) is 22.3 Å². The topological polar surface area (TPSA) is 105 Å². The van der Waals surface area contributed by atoms with E-state index in [-0.39, 0.29) is 24.0 Å². The predicted molar refractivity (Wildman–Crippen MR) is 141 cm³/mol. The Kier molecular flexibility index (Phi) is 8.30. The van der Waals surface area contributed by atoms with Crippen molar-refractivity contribution in [3.8, 4) is 5.75 Å². The number of benzene rings is 2. The number of amides is 4. The number of carbonyl (C=O) groups excluding carboxylic acids is 4. The van der Waals surface area contributed by atoms with Gasteiger partial charge in [-0.1, -0.05) is 29.8 Å². The lowest BCUT2D eigenvalue weighted by Gasteiger charge is -2.26. The number of morpholine rings is 1. The summed E-state index contributed by atoms with van der Waals surface area (Å²) in [7, 11) is 0. The summed E-state index contributed by atoms with van der Waals surface area (Å²) in [5.41, 5.74) is 4.29. The summed E-state index contributed by atoms with van der Waals surface area (Å²) in [4.78, 5) is 53.0. The van der Waals surface area contributed by atoms with E-state index in [2.05, 4.69) is 5.32 Å². The minimum absolute atomic E-state index is 0.0675. The van der Waals surface area contributed by atoms with Gasteiger partial charge in [0, 0.05) is 18.8 Å². The molecule has 10 heteroatoms. The van der Waals surface area contributed by atoms with E-state index >= 15 is 0 Å². The van der Waals surface area contributed by atoms with Gasteiger partial charge in [0.05, 0.1) is 18.1 Å². The van der Waals surface area contributed by atoms with E-state index in [4.69, 9.17) is 9.47 Å². The fraction of sp³-hybridized carbons (Fsp3) is 0.333. The SMILES string of the molecule is Cc1cc(C)c(NC(=O)CN2C(=O)S/C(=C/c3ccc(OCC(=O)N4CCOCC4)cc3)C2=O)c(C)c1. The molecule has 37 heavy (non-hydrogen) atoms. The average Bonchev–Trinajstić information content (AvgIpc) is 3.13. The Morgan fingerprint density at radius 1 is 1.05 bits per heavy atom. The molecule has 0 atom stereocenters. The Morgan fingerprint density at radius 3 is 2.35 bits per heavy atom. The van der Waals surface area contributed by atoms with Crippen molar-refractivity contribution in [3.63, 3.8) is 0 Å². The highest BCUT2D eigenvalue weighted by molar-refractivity contribution is 8.18. The van der Waals surface area contributed by atoms with Crippen molar-refractivity contribution in [2.45, 2.75) is 20.8 Å². The van der Waals surface area contributed by atoms with Gasteiger partial charge in [0.2, 0.25) is 5.91 Å². The minimum atomic E-state index is -0.515. The first kappa shape index (κ1) is 26.4. The second-order valence-corrected chi connectivity index (χ2v) is 9.93. The minimum Gasteiger partial charge on any atom is -0.484 e. The predicted octanol–water partition coefficient (Wildman–Crippen LogP) is 3.52. The fourth-order valence-corrected chi connectivity index (χ4v) is 5.04. The van der Waals surface area contributed by atoms with Crippen LogP contribution in [0.3, 0.4) is 0 Å². The van der Waals surface area contributed by atoms with Crippen LogP contribution in [0.15, 0.2) is 41.3 Å². The van der Waals surface area contributed by atoms with Gasteiger partial charge in [-0.15, -0.1) is 0 Å².